The fourth-order valence-corrected chi connectivity index (χ4v) is 1.77. The maximum Gasteiger partial charge on any atom is 0.184 e. The Kier molecular flexibility index (Phi) is 7.73. The molecule has 0 spiro atoms. The molecule has 0 aromatic heterocycles. The van der Waals surface area contributed by atoms with Gasteiger partial charge >= 0.3 is 0 Å². The molecule has 0 amide bonds. The molecule has 1 aliphatic heterocycles. The standard InChI is InChI=1S/C11H22O8/c1-16-2-3-17-4-5-18-10-8(14)11(15)19-9(10)7(13)6-12/h7-15H,2-6H2,1H3. The number of aliphatic hydroxyl groups excluding tert-OH is 4. The van der Waals surface area contributed by atoms with Crippen LogP contribution in [0, 0.1) is 0 Å². The Balaban J connectivity index is 2.31. The predicted molar refractivity (Wildman–Crippen MR) is 62.4 cm³/mol. The van der Waals surface area contributed by atoms with Gasteiger partial charge in [0.25, 0.3) is 0 Å². The van der Waals surface area contributed by atoms with E-state index in [2.05, 4.69) is 0 Å². The normalized spacial score (nSPS) is 32.7. The molecule has 1 fully saturated rings. The number of hydrogen-bond donors (Lipinski definition) is 4. The van der Waals surface area contributed by atoms with Gasteiger partial charge in [-0.15, -0.1) is 0 Å². The summed E-state index contributed by atoms with van der Waals surface area (Å²) in [5, 5.41) is 37.4. The van der Waals surface area contributed by atoms with E-state index in [4.69, 9.17) is 24.1 Å². The summed E-state index contributed by atoms with van der Waals surface area (Å²) in [5.74, 6) is 0. The van der Waals surface area contributed by atoms with Gasteiger partial charge in [0.2, 0.25) is 0 Å². The lowest BCUT2D eigenvalue weighted by atomic mass is 10.1. The van der Waals surface area contributed by atoms with Crippen LogP contribution < -0.4 is 0 Å². The first-order chi connectivity index (χ1) is 9.11. The summed E-state index contributed by atoms with van der Waals surface area (Å²) in [6.07, 6.45) is -5.83. The number of hydrogen-bond acceptors (Lipinski definition) is 8. The highest BCUT2D eigenvalue weighted by molar-refractivity contribution is 4.91. The monoisotopic (exact) mass is 282 g/mol. The molecule has 0 aliphatic carbocycles. The van der Waals surface area contributed by atoms with Gasteiger partial charge < -0.3 is 39.4 Å². The van der Waals surface area contributed by atoms with Crippen LogP contribution in [-0.4, -0.2) is 91.3 Å². The zero-order valence-electron chi connectivity index (χ0n) is 10.8. The topological polar surface area (TPSA) is 118 Å². The summed E-state index contributed by atoms with van der Waals surface area (Å²) in [5.41, 5.74) is 0. The van der Waals surface area contributed by atoms with E-state index >= 15 is 0 Å². The van der Waals surface area contributed by atoms with Gasteiger partial charge in [0.1, 0.15) is 24.4 Å². The Morgan fingerprint density at radius 2 is 1.84 bits per heavy atom. The summed E-state index contributed by atoms with van der Waals surface area (Å²) in [4.78, 5) is 0. The Bertz CT molecular complexity index is 239. The van der Waals surface area contributed by atoms with Crippen LogP contribution >= 0.6 is 0 Å². The molecule has 4 N–H and O–H groups in total. The summed E-state index contributed by atoms with van der Waals surface area (Å²) in [7, 11) is 1.56. The maximum absolute atomic E-state index is 9.66. The van der Waals surface area contributed by atoms with E-state index in [-0.39, 0.29) is 13.2 Å². The average Bonchev–Trinajstić information content (AvgIpc) is 2.69. The van der Waals surface area contributed by atoms with Gasteiger partial charge in [-0.1, -0.05) is 0 Å². The van der Waals surface area contributed by atoms with E-state index in [0.717, 1.165) is 0 Å². The summed E-state index contributed by atoms with van der Waals surface area (Å²) < 4.78 is 20.2. The van der Waals surface area contributed by atoms with Crippen molar-refractivity contribution < 1.29 is 39.4 Å². The number of ether oxygens (including phenoxy) is 4. The number of methoxy groups -OCH3 is 1. The molecule has 0 bridgehead atoms. The lowest BCUT2D eigenvalue weighted by Gasteiger charge is -2.23. The second-order valence-electron chi connectivity index (χ2n) is 4.17. The first-order valence-electron chi connectivity index (χ1n) is 6.10. The third-order valence-electron chi connectivity index (χ3n) is 2.79. The lowest BCUT2D eigenvalue weighted by Crippen LogP contribution is -2.43. The molecule has 19 heavy (non-hydrogen) atoms. The van der Waals surface area contributed by atoms with Crippen LogP contribution in [0.15, 0.2) is 0 Å². The predicted octanol–water partition coefficient (Wildman–Crippen LogP) is -2.53. The first-order valence-corrected chi connectivity index (χ1v) is 6.10. The molecule has 1 aliphatic rings. The van der Waals surface area contributed by atoms with Crippen LogP contribution in [0.3, 0.4) is 0 Å². The Hall–Kier alpha value is -0.320. The highest BCUT2D eigenvalue weighted by Gasteiger charge is 2.46. The summed E-state index contributed by atoms with van der Waals surface area (Å²) in [6.45, 7) is 0.795. The van der Waals surface area contributed by atoms with Crippen LogP contribution in [0.1, 0.15) is 0 Å². The van der Waals surface area contributed by atoms with E-state index in [1.165, 1.54) is 0 Å². The molecule has 0 aromatic rings. The van der Waals surface area contributed by atoms with Crippen molar-refractivity contribution in [2.24, 2.45) is 0 Å². The largest absolute Gasteiger partial charge is 0.394 e. The third-order valence-corrected chi connectivity index (χ3v) is 2.79. The lowest BCUT2D eigenvalue weighted by molar-refractivity contribution is -0.151. The van der Waals surface area contributed by atoms with Crippen LogP contribution in [0.5, 0.6) is 0 Å². The zero-order chi connectivity index (χ0) is 14.3. The van der Waals surface area contributed by atoms with Gasteiger partial charge in [-0.2, -0.15) is 0 Å². The summed E-state index contributed by atoms with van der Waals surface area (Å²) >= 11 is 0. The molecule has 1 heterocycles. The highest BCUT2D eigenvalue weighted by Crippen LogP contribution is 2.24. The minimum Gasteiger partial charge on any atom is -0.394 e. The smallest absolute Gasteiger partial charge is 0.184 e. The van der Waals surface area contributed by atoms with E-state index in [0.29, 0.717) is 13.2 Å². The van der Waals surface area contributed by atoms with Gasteiger partial charge in [-0.05, 0) is 0 Å². The first kappa shape index (κ1) is 16.7. The third kappa shape index (κ3) is 4.93. The highest BCUT2D eigenvalue weighted by atomic mass is 16.7. The fraction of sp³-hybridized carbons (Fsp3) is 1.00. The quantitative estimate of drug-likeness (QED) is 0.342. The van der Waals surface area contributed by atoms with E-state index in [1.807, 2.05) is 0 Å². The van der Waals surface area contributed by atoms with Crippen LogP contribution in [0.2, 0.25) is 0 Å². The molecule has 5 atom stereocenters. The van der Waals surface area contributed by atoms with Crippen molar-refractivity contribution in [1.82, 2.24) is 0 Å². The molecule has 8 nitrogen and oxygen atoms in total. The van der Waals surface area contributed by atoms with E-state index in [9.17, 15) is 15.3 Å². The van der Waals surface area contributed by atoms with Crippen molar-refractivity contribution in [3.63, 3.8) is 0 Å². The summed E-state index contributed by atoms with van der Waals surface area (Å²) in [6, 6.07) is 0. The van der Waals surface area contributed by atoms with Crippen molar-refractivity contribution in [3.8, 4) is 0 Å². The fourth-order valence-electron chi connectivity index (χ4n) is 1.77. The van der Waals surface area contributed by atoms with Crippen molar-refractivity contribution >= 4 is 0 Å². The molecule has 0 aromatic carbocycles. The van der Waals surface area contributed by atoms with Gasteiger partial charge in [-0.3, -0.25) is 0 Å². The van der Waals surface area contributed by atoms with Crippen molar-refractivity contribution in [2.75, 3.05) is 40.1 Å². The van der Waals surface area contributed by atoms with Crippen LogP contribution in [0.25, 0.3) is 0 Å². The molecular formula is C11H22O8. The van der Waals surface area contributed by atoms with Crippen molar-refractivity contribution in [3.05, 3.63) is 0 Å². The molecule has 114 valence electrons. The molecule has 0 radical (unpaired) electrons. The Morgan fingerprint density at radius 3 is 2.47 bits per heavy atom. The Morgan fingerprint density at radius 1 is 1.16 bits per heavy atom. The second-order valence-corrected chi connectivity index (χ2v) is 4.17. The van der Waals surface area contributed by atoms with E-state index < -0.39 is 37.3 Å². The Labute approximate surface area is 111 Å². The molecule has 0 saturated carbocycles. The zero-order valence-corrected chi connectivity index (χ0v) is 10.8. The molecule has 8 heteroatoms. The van der Waals surface area contributed by atoms with Gasteiger partial charge in [0.15, 0.2) is 6.29 Å². The molecule has 1 saturated heterocycles. The SMILES string of the molecule is COCCOCCOC1C(O)C(O)OC1C(O)CO. The average molecular weight is 282 g/mol. The molecule has 1 rings (SSSR count). The second kappa shape index (κ2) is 8.77. The minimum absolute atomic E-state index is 0.163. The van der Waals surface area contributed by atoms with E-state index in [1.54, 1.807) is 7.11 Å². The van der Waals surface area contributed by atoms with Crippen molar-refractivity contribution in [2.45, 2.75) is 30.7 Å². The van der Waals surface area contributed by atoms with Crippen LogP contribution in [-0.2, 0) is 18.9 Å². The van der Waals surface area contributed by atoms with Crippen molar-refractivity contribution in [1.29, 1.82) is 0 Å². The molecular weight excluding hydrogens is 260 g/mol. The van der Waals surface area contributed by atoms with Gasteiger partial charge in [-0.25, -0.2) is 0 Å². The number of rotatable bonds is 9. The maximum atomic E-state index is 9.66. The molecule has 5 unspecified atom stereocenters. The number of aliphatic hydroxyl groups is 4. The minimum atomic E-state index is -1.44. The van der Waals surface area contributed by atoms with Gasteiger partial charge in [0.05, 0.1) is 33.0 Å². The van der Waals surface area contributed by atoms with Gasteiger partial charge in [0, 0.05) is 7.11 Å². The van der Waals surface area contributed by atoms with Crippen LogP contribution in [0.4, 0.5) is 0 Å².